The minimum Gasteiger partial charge on any atom is -0.166 e. The number of hydrogen-bond donors (Lipinski definition) is 0. The monoisotopic (exact) mass is 268 g/mol. The van der Waals surface area contributed by atoms with Crippen LogP contribution in [0.1, 0.15) is 26.3 Å². The highest BCUT2D eigenvalue weighted by Gasteiger charge is 2.31. The molecule has 0 fully saturated rings. The Morgan fingerprint density at radius 2 is 1.44 bits per heavy atom. The molecular weight excluding hydrogens is 256 g/mol. The molecule has 0 nitrogen and oxygen atoms in total. The van der Waals surface area contributed by atoms with Crippen molar-refractivity contribution in [3.05, 3.63) is 29.8 Å². The largest absolute Gasteiger partial charge is 0.416 e. The first-order valence-electron chi connectivity index (χ1n) is 4.75. The van der Waals surface area contributed by atoms with Gasteiger partial charge in [-0.3, -0.25) is 0 Å². The molecule has 0 aromatic heterocycles. The molecule has 0 radical (unpaired) electrons. The lowest BCUT2D eigenvalue weighted by molar-refractivity contribution is -0.137. The van der Waals surface area contributed by atoms with Gasteiger partial charge in [0.1, 0.15) is 0 Å². The van der Waals surface area contributed by atoms with Crippen LogP contribution in [0, 0.1) is 0 Å². The van der Waals surface area contributed by atoms with Gasteiger partial charge in [-0.15, -0.1) is 0 Å². The molecule has 1 aromatic carbocycles. The van der Waals surface area contributed by atoms with Crippen molar-refractivity contribution in [2.75, 3.05) is 0 Å². The summed E-state index contributed by atoms with van der Waals surface area (Å²) in [5.41, 5.74) is -0.634. The normalized spacial score (nSPS) is 14.9. The molecule has 0 saturated carbocycles. The number of rotatable bonds is 1. The van der Waals surface area contributed by atoms with E-state index in [1.165, 1.54) is 12.1 Å². The minimum absolute atomic E-state index is 0.114. The molecule has 0 aliphatic heterocycles. The highest BCUT2D eigenvalue weighted by atomic mass is 35.7. The van der Waals surface area contributed by atoms with E-state index in [9.17, 15) is 13.2 Å². The van der Waals surface area contributed by atoms with Gasteiger partial charge in [-0.05, 0) is 22.6 Å². The summed E-state index contributed by atoms with van der Waals surface area (Å²) in [7, 11) is -0.960. The average molecular weight is 269 g/mol. The minimum atomic E-state index is -4.28. The topological polar surface area (TPSA) is 0 Å². The fourth-order valence-corrected chi connectivity index (χ4v) is 2.69. The van der Waals surface area contributed by atoms with Crippen molar-refractivity contribution >= 4 is 23.8 Å². The molecule has 0 N–H and O–H groups in total. The molecule has 0 heterocycles. The van der Waals surface area contributed by atoms with Crippen LogP contribution in [-0.4, -0.2) is 5.16 Å². The second-order valence-corrected chi connectivity index (χ2v) is 7.93. The summed E-state index contributed by atoms with van der Waals surface area (Å²) in [6, 6.07) is 5.09. The molecule has 1 rings (SSSR count). The molecule has 0 aliphatic rings. The van der Waals surface area contributed by atoms with Gasteiger partial charge in [-0.1, -0.05) is 44.1 Å². The first-order chi connectivity index (χ1) is 7.12. The maximum absolute atomic E-state index is 12.3. The van der Waals surface area contributed by atoms with Gasteiger partial charge in [0.2, 0.25) is 0 Å². The Balaban J connectivity index is 2.96. The maximum Gasteiger partial charge on any atom is 0.416 e. The van der Waals surface area contributed by atoms with Crippen molar-refractivity contribution in [3.8, 4) is 0 Å². The van der Waals surface area contributed by atoms with Crippen LogP contribution >= 0.6 is 18.5 Å². The zero-order chi connectivity index (χ0) is 12.6. The summed E-state index contributed by atoms with van der Waals surface area (Å²) in [6.45, 7) is 5.93. The zero-order valence-corrected chi connectivity index (χ0v) is 10.9. The molecule has 0 bridgehead atoms. The molecule has 5 heteroatoms. The predicted octanol–water partition coefficient (Wildman–Crippen LogP) is 4.76. The standard InChI is InChI=1S/C11H13ClF3P/c1-10(2,3)16(12)9-6-4-8(5-7-9)11(13,14)15/h4-7H,1-3H3. The SMILES string of the molecule is CC(C)(C)P(Cl)c1ccc(C(F)(F)F)cc1. The Morgan fingerprint density at radius 3 is 1.75 bits per heavy atom. The second kappa shape index (κ2) is 4.54. The Bertz CT molecular complexity index is 351. The number of benzene rings is 1. The number of hydrogen-bond acceptors (Lipinski definition) is 0. The lowest BCUT2D eigenvalue weighted by Crippen LogP contribution is -2.16. The highest BCUT2D eigenvalue weighted by Crippen LogP contribution is 2.52. The third kappa shape index (κ3) is 3.36. The van der Waals surface area contributed by atoms with Crippen molar-refractivity contribution in [2.45, 2.75) is 32.1 Å². The second-order valence-electron chi connectivity index (χ2n) is 4.50. The van der Waals surface area contributed by atoms with Crippen LogP contribution in [0.15, 0.2) is 24.3 Å². The molecule has 1 aromatic rings. The van der Waals surface area contributed by atoms with E-state index in [1.54, 1.807) is 0 Å². The van der Waals surface area contributed by atoms with E-state index >= 15 is 0 Å². The summed E-state index contributed by atoms with van der Waals surface area (Å²) in [4.78, 5) is 0. The van der Waals surface area contributed by atoms with E-state index in [0.29, 0.717) is 0 Å². The van der Waals surface area contributed by atoms with Gasteiger partial charge in [-0.25, -0.2) is 0 Å². The van der Waals surface area contributed by atoms with Crippen LogP contribution in [0.25, 0.3) is 0 Å². The predicted molar refractivity (Wildman–Crippen MR) is 63.6 cm³/mol. The fourth-order valence-electron chi connectivity index (χ4n) is 1.17. The van der Waals surface area contributed by atoms with Crippen molar-refractivity contribution in [2.24, 2.45) is 0 Å². The van der Waals surface area contributed by atoms with Crippen LogP contribution in [0.2, 0.25) is 0 Å². The summed E-state index contributed by atoms with van der Waals surface area (Å²) >= 11 is 6.23. The molecular formula is C11H13ClF3P. The molecule has 0 spiro atoms. The molecule has 0 amide bonds. The van der Waals surface area contributed by atoms with Gasteiger partial charge in [0.05, 0.1) is 5.56 Å². The van der Waals surface area contributed by atoms with Crippen molar-refractivity contribution in [3.63, 3.8) is 0 Å². The van der Waals surface area contributed by atoms with Crippen molar-refractivity contribution in [1.29, 1.82) is 0 Å². The molecule has 1 unspecified atom stereocenters. The van der Waals surface area contributed by atoms with Gasteiger partial charge < -0.3 is 0 Å². The lowest BCUT2D eigenvalue weighted by Gasteiger charge is -2.25. The third-order valence-electron chi connectivity index (χ3n) is 2.01. The number of alkyl halides is 3. The van der Waals surface area contributed by atoms with Gasteiger partial charge in [0.15, 0.2) is 0 Å². The summed E-state index contributed by atoms with van der Waals surface area (Å²) in [5.74, 6) is 0. The first kappa shape index (κ1) is 13.8. The molecule has 16 heavy (non-hydrogen) atoms. The van der Waals surface area contributed by atoms with Gasteiger partial charge in [0, 0.05) is 7.27 Å². The van der Waals surface area contributed by atoms with E-state index in [1.807, 2.05) is 20.8 Å². The van der Waals surface area contributed by atoms with Gasteiger partial charge in [0.25, 0.3) is 0 Å². The Hall–Kier alpha value is -0.270. The summed E-state index contributed by atoms with van der Waals surface area (Å²) in [5, 5.41) is 0.661. The van der Waals surface area contributed by atoms with E-state index in [2.05, 4.69) is 0 Å². The summed E-state index contributed by atoms with van der Waals surface area (Å²) in [6.07, 6.45) is -4.28. The lowest BCUT2D eigenvalue weighted by atomic mass is 10.2. The first-order valence-corrected chi connectivity index (χ1v) is 7.00. The van der Waals surface area contributed by atoms with Crippen LogP contribution in [-0.2, 0) is 6.18 Å². The average Bonchev–Trinajstić information content (AvgIpc) is 2.14. The van der Waals surface area contributed by atoms with Crippen LogP contribution in [0.4, 0.5) is 13.2 Å². The molecule has 0 saturated heterocycles. The van der Waals surface area contributed by atoms with E-state index < -0.39 is 19.0 Å². The Morgan fingerprint density at radius 1 is 1.00 bits per heavy atom. The highest BCUT2D eigenvalue weighted by molar-refractivity contribution is 7.91. The molecule has 90 valence electrons. The molecule has 1 atom stereocenters. The fraction of sp³-hybridized carbons (Fsp3) is 0.455. The molecule has 0 aliphatic carbocycles. The number of halogens is 4. The van der Waals surface area contributed by atoms with Crippen molar-refractivity contribution < 1.29 is 13.2 Å². The Labute approximate surface area is 99.3 Å². The van der Waals surface area contributed by atoms with E-state index in [4.69, 9.17) is 11.2 Å². The smallest absolute Gasteiger partial charge is 0.166 e. The van der Waals surface area contributed by atoms with Gasteiger partial charge in [-0.2, -0.15) is 13.2 Å². The van der Waals surface area contributed by atoms with Crippen molar-refractivity contribution in [1.82, 2.24) is 0 Å². The Kier molecular flexibility index (Phi) is 3.91. The van der Waals surface area contributed by atoms with E-state index in [0.717, 1.165) is 17.4 Å². The van der Waals surface area contributed by atoms with E-state index in [-0.39, 0.29) is 5.16 Å². The van der Waals surface area contributed by atoms with Crippen LogP contribution < -0.4 is 5.30 Å². The van der Waals surface area contributed by atoms with Crippen LogP contribution in [0.3, 0.4) is 0 Å². The zero-order valence-electron chi connectivity index (χ0n) is 9.27. The maximum atomic E-state index is 12.3. The van der Waals surface area contributed by atoms with Gasteiger partial charge >= 0.3 is 6.18 Å². The quantitative estimate of drug-likeness (QED) is 0.644. The summed E-state index contributed by atoms with van der Waals surface area (Å²) < 4.78 is 37.0. The third-order valence-corrected chi connectivity index (χ3v) is 6.05. The van der Waals surface area contributed by atoms with Crippen LogP contribution in [0.5, 0.6) is 0 Å².